The zero-order valence-electron chi connectivity index (χ0n) is 9.76. The van der Waals surface area contributed by atoms with Crippen LogP contribution >= 0.6 is 24.2 Å². The molecule has 1 fully saturated rings. The summed E-state index contributed by atoms with van der Waals surface area (Å²) in [5, 5.41) is 0. The van der Waals surface area contributed by atoms with Crippen molar-refractivity contribution in [2.75, 3.05) is 19.3 Å². The number of carbonyl (C=O) groups is 1. The fourth-order valence-electron chi connectivity index (χ4n) is 1.89. The molecule has 1 aliphatic heterocycles. The average Bonchev–Trinajstić information content (AvgIpc) is 2.75. The Morgan fingerprint density at radius 1 is 1.41 bits per heavy atom. The SMILES string of the molecule is CSc1ccc(C(=O)N2CC[C@H](N)C2)cc1.Cl. The summed E-state index contributed by atoms with van der Waals surface area (Å²) in [4.78, 5) is 15.1. The fourth-order valence-corrected chi connectivity index (χ4v) is 2.30. The minimum Gasteiger partial charge on any atom is -0.337 e. The van der Waals surface area contributed by atoms with E-state index >= 15 is 0 Å². The lowest BCUT2D eigenvalue weighted by Gasteiger charge is -2.15. The predicted molar refractivity (Wildman–Crippen MR) is 74.0 cm³/mol. The molecule has 0 unspecified atom stereocenters. The zero-order valence-corrected chi connectivity index (χ0v) is 11.4. The van der Waals surface area contributed by atoms with Gasteiger partial charge in [0.1, 0.15) is 0 Å². The van der Waals surface area contributed by atoms with Crippen molar-refractivity contribution < 1.29 is 4.79 Å². The molecule has 1 heterocycles. The molecule has 5 heteroatoms. The predicted octanol–water partition coefficient (Wildman–Crippen LogP) is 2.00. The van der Waals surface area contributed by atoms with Crippen molar-refractivity contribution in [2.24, 2.45) is 5.73 Å². The summed E-state index contributed by atoms with van der Waals surface area (Å²) >= 11 is 1.68. The summed E-state index contributed by atoms with van der Waals surface area (Å²) in [6.07, 6.45) is 2.94. The van der Waals surface area contributed by atoms with Crippen molar-refractivity contribution in [2.45, 2.75) is 17.4 Å². The summed E-state index contributed by atoms with van der Waals surface area (Å²) in [7, 11) is 0. The van der Waals surface area contributed by atoms with Crippen LogP contribution in [0.25, 0.3) is 0 Å². The van der Waals surface area contributed by atoms with Crippen LogP contribution in [0, 0.1) is 0 Å². The highest BCUT2D eigenvalue weighted by molar-refractivity contribution is 7.98. The van der Waals surface area contributed by atoms with Gasteiger partial charge in [-0.25, -0.2) is 0 Å². The number of nitrogens with two attached hydrogens (primary N) is 1. The van der Waals surface area contributed by atoms with Crippen LogP contribution in [0.3, 0.4) is 0 Å². The largest absolute Gasteiger partial charge is 0.337 e. The summed E-state index contributed by atoms with van der Waals surface area (Å²) in [5.41, 5.74) is 6.55. The molecule has 0 aliphatic carbocycles. The normalized spacial score (nSPS) is 18.9. The molecule has 0 spiro atoms. The third-order valence-corrected chi connectivity index (χ3v) is 3.59. The van der Waals surface area contributed by atoms with E-state index in [2.05, 4.69) is 0 Å². The second-order valence-electron chi connectivity index (χ2n) is 4.03. The maximum absolute atomic E-state index is 12.1. The molecule has 0 aromatic heterocycles. The molecule has 1 amide bonds. The third-order valence-electron chi connectivity index (χ3n) is 2.85. The molecule has 0 bridgehead atoms. The summed E-state index contributed by atoms with van der Waals surface area (Å²) in [5.74, 6) is 0.0978. The van der Waals surface area contributed by atoms with E-state index in [1.54, 1.807) is 11.8 Å². The number of carbonyl (C=O) groups excluding carboxylic acids is 1. The van der Waals surface area contributed by atoms with Crippen LogP contribution in [-0.2, 0) is 0 Å². The second-order valence-corrected chi connectivity index (χ2v) is 4.91. The Morgan fingerprint density at radius 2 is 2.06 bits per heavy atom. The molecule has 1 atom stereocenters. The first-order valence-electron chi connectivity index (χ1n) is 5.39. The van der Waals surface area contributed by atoms with Crippen molar-refractivity contribution in [1.29, 1.82) is 0 Å². The average molecular weight is 273 g/mol. The van der Waals surface area contributed by atoms with Crippen molar-refractivity contribution in [1.82, 2.24) is 4.90 Å². The van der Waals surface area contributed by atoms with Gasteiger partial charge in [0.15, 0.2) is 0 Å². The standard InChI is InChI=1S/C12H16N2OS.ClH/c1-16-11-4-2-9(3-5-11)12(15)14-7-6-10(13)8-14;/h2-5,10H,6-8,13H2,1H3;1H/t10-;/m0./s1. The summed E-state index contributed by atoms with van der Waals surface area (Å²) in [6, 6.07) is 7.88. The molecular weight excluding hydrogens is 256 g/mol. The highest BCUT2D eigenvalue weighted by Crippen LogP contribution is 2.17. The molecule has 0 saturated carbocycles. The van der Waals surface area contributed by atoms with Crippen molar-refractivity contribution in [3.8, 4) is 0 Å². The lowest BCUT2D eigenvalue weighted by atomic mass is 10.2. The van der Waals surface area contributed by atoms with Crippen LogP contribution in [0.15, 0.2) is 29.2 Å². The topological polar surface area (TPSA) is 46.3 Å². The highest BCUT2D eigenvalue weighted by atomic mass is 35.5. The minimum absolute atomic E-state index is 0. The number of likely N-dealkylation sites (tertiary alicyclic amines) is 1. The van der Waals surface area contributed by atoms with E-state index in [9.17, 15) is 4.79 Å². The number of benzene rings is 1. The van der Waals surface area contributed by atoms with E-state index < -0.39 is 0 Å². The molecule has 94 valence electrons. The van der Waals surface area contributed by atoms with Crippen LogP contribution in [0.5, 0.6) is 0 Å². The van der Waals surface area contributed by atoms with Gasteiger partial charge in [0.05, 0.1) is 0 Å². The number of hydrogen-bond donors (Lipinski definition) is 1. The number of halogens is 1. The molecule has 17 heavy (non-hydrogen) atoms. The van der Waals surface area contributed by atoms with Gasteiger partial charge in [0.2, 0.25) is 0 Å². The smallest absolute Gasteiger partial charge is 0.253 e. The van der Waals surface area contributed by atoms with Gasteiger partial charge in [-0.05, 0) is 36.9 Å². The summed E-state index contributed by atoms with van der Waals surface area (Å²) in [6.45, 7) is 1.47. The van der Waals surface area contributed by atoms with Crippen molar-refractivity contribution >= 4 is 30.1 Å². The Hall–Kier alpha value is -0.710. The molecule has 1 aromatic carbocycles. The van der Waals surface area contributed by atoms with Crippen LogP contribution in [0.2, 0.25) is 0 Å². The highest BCUT2D eigenvalue weighted by Gasteiger charge is 2.24. The first kappa shape index (κ1) is 14.4. The number of nitrogens with zero attached hydrogens (tertiary/aromatic N) is 1. The molecule has 2 N–H and O–H groups in total. The first-order valence-corrected chi connectivity index (χ1v) is 6.62. The van der Waals surface area contributed by atoms with E-state index in [0.717, 1.165) is 18.5 Å². The molecule has 1 saturated heterocycles. The minimum atomic E-state index is 0. The van der Waals surface area contributed by atoms with E-state index in [1.165, 1.54) is 4.90 Å². The maximum Gasteiger partial charge on any atom is 0.253 e. The Balaban J connectivity index is 0.00000144. The van der Waals surface area contributed by atoms with Crippen LogP contribution in [0.1, 0.15) is 16.8 Å². The Kier molecular flexibility index (Phi) is 5.31. The lowest BCUT2D eigenvalue weighted by Crippen LogP contribution is -2.31. The van der Waals surface area contributed by atoms with Gasteiger partial charge in [0, 0.05) is 29.6 Å². The number of amides is 1. The number of rotatable bonds is 2. The molecule has 2 rings (SSSR count). The fraction of sp³-hybridized carbons (Fsp3) is 0.417. The first-order chi connectivity index (χ1) is 7.70. The van der Waals surface area contributed by atoms with Gasteiger partial charge in [-0.15, -0.1) is 24.2 Å². The van der Waals surface area contributed by atoms with Gasteiger partial charge in [0.25, 0.3) is 5.91 Å². The van der Waals surface area contributed by atoms with Crippen LogP contribution in [-0.4, -0.2) is 36.2 Å². The van der Waals surface area contributed by atoms with Crippen LogP contribution < -0.4 is 5.73 Å². The van der Waals surface area contributed by atoms with Crippen molar-refractivity contribution in [3.05, 3.63) is 29.8 Å². The van der Waals surface area contributed by atoms with Crippen LogP contribution in [0.4, 0.5) is 0 Å². The molecule has 1 aromatic rings. The Morgan fingerprint density at radius 3 is 2.53 bits per heavy atom. The number of thioether (sulfide) groups is 1. The van der Waals surface area contributed by atoms with Crippen molar-refractivity contribution in [3.63, 3.8) is 0 Å². The molecule has 1 aliphatic rings. The molecule has 3 nitrogen and oxygen atoms in total. The third kappa shape index (κ3) is 3.37. The van der Waals surface area contributed by atoms with E-state index in [0.29, 0.717) is 6.54 Å². The molecular formula is C12H17ClN2OS. The van der Waals surface area contributed by atoms with E-state index in [4.69, 9.17) is 5.73 Å². The van der Waals surface area contributed by atoms with Gasteiger partial charge in [-0.2, -0.15) is 0 Å². The van der Waals surface area contributed by atoms with E-state index in [1.807, 2.05) is 35.4 Å². The summed E-state index contributed by atoms with van der Waals surface area (Å²) < 4.78 is 0. The second kappa shape index (κ2) is 6.28. The van der Waals surface area contributed by atoms with Gasteiger partial charge < -0.3 is 10.6 Å². The van der Waals surface area contributed by atoms with Gasteiger partial charge in [-0.3, -0.25) is 4.79 Å². The van der Waals surface area contributed by atoms with Gasteiger partial charge in [-0.1, -0.05) is 0 Å². The lowest BCUT2D eigenvalue weighted by molar-refractivity contribution is 0.0791. The number of hydrogen-bond acceptors (Lipinski definition) is 3. The zero-order chi connectivity index (χ0) is 11.5. The monoisotopic (exact) mass is 272 g/mol. The maximum atomic E-state index is 12.1. The Bertz CT molecular complexity index is 383. The van der Waals surface area contributed by atoms with E-state index in [-0.39, 0.29) is 24.4 Å². The quantitative estimate of drug-likeness (QED) is 0.838. The Labute approximate surface area is 112 Å². The van der Waals surface area contributed by atoms with Gasteiger partial charge >= 0.3 is 0 Å². The molecule has 0 radical (unpaired) electrons.